The summed E-state index contributed by atoms with van der Waals surface area (Å²) in [5.74, 6) is -0.847. The lowest BCUT2D eigenvalue weighted by atomic mass is 9.96. The number of pyridine rings is 1. The molecule has 0 bridgehead atoms. The molecule has 5 aromatic rings. The van der Waals surface area contributed by atoms with E-state index in [0.29, 0.717) is 50.8 Å². The molecule has 0 spiro atoms. The molecule has 0 aliphatic carbocycles. The molecule has 8 nitrogen and oxygen atoms in total. The number of carbonyl (C=O) groups is 2. The monoisotopic (exact) mass is 600 g/mol. The fourth-order valence-corrected chi connectivity index (χ4v) is 6.46. The number of anilines is 1. The third-order valence-electron chi connectivity index (χ3n) is 7.44. The maximum Gasteiger partial charge on any atom is 0.301 e. The maximum atomic E-state index is 13.8. The van der Waals surface area contributed by atoms with Gasteiger partial charge in [-0.1, -0.05) is 55.0 Å². The summed E-state index contributed by atoms with van der Waals surface area (Å²) in [7, 11) is 0. The highest BCUT2D eigenvalue weighted by atomic mass is 35.5. The smallest absolute Gasteiger partial charge is 0.301 e. The van der Waals surface area contributed by atoms with Crippen molar-refractivity contribution in [2.24, 2.45) is 5.92 Å². The van der Waals surface area contributed by atoms with Gasteiger partial charge in [-0.3, -0.25) is 14.5 Å². The number of ketones is 1. The molecule has 1 saturated heterocycles. The summed E-state index contributed by atoms with van der Waals surface area (Å²) in [6.07, 6.45) is 2.73. The third kappa shape index (κ3) is 4.82. The molecule has 1 aliphatic heterocycles. The van der Waals surface area contributed by atoms with E-state index >= 15 is 0 Å². The van der Waals surface area contributed by atoms with Crippen LogP contribution in [0.5, 0.6) is 5.75 Å². The Labute approximate surface area is 251 Å². The number of hydrogen-bond acceptors (Lipinski definition) is 7. The number of imidazole rings is 1. The van der Waals surface area contributed by atoms with Crippen LogP contribution < -0.4 is 9.64 Å². The number of aliphatic hydroxyl groups excluding tert-OH is 1. The molecule has 1 fully saturated rings. The largest absolute Gasteiger partial charge is 0.505 e. The molecule has 10 heteroatoms. The van der Waals surface area contributed by atoms with Crippen molar-refractivity contribution in [2.75, 3.05) is 11.5 Å². The van der Waals surface area contributed by atoms with E-state index in [2.05, 4.69) is 23.8 Å². The van der Waals surface area contributed by atoms with Gasteiger partial charge in [-0.2, -0.15) is 0 Å². The Morgan fingerprint density at radius 1 is 1.10 bits per heavy atom. The Morgan fingerprint density at radius 3 is 2.67 bits per heavy atom. The highest BCUT2D eigenvalue weighted by molar-refractivity contribution is 7.22. The third-order valence-corrected chi connectivity index (χ3v) is 8.69. The first kappa shape index (κ1) is 27.9. The second-order valence-electron chi connectivity index (χ2n) is 10.8. The minimum Gasteiger partial charge on any atom is -0.505 e. The van der Waals surface area contributed by atoms with E-state index in [0.717, 1.165) is 16.7 Å². The Bertz CT molecular complexity index is 1910. The number of thiazole rings is 1. The van der Waals surface area contributed by atoms with Gasteiger partial charge < -0.3 is 14.2 Å². The summed E-state index contributed by atoms with van der Waals surface area (Å²) < 4.78 is 8.65. The molecule has 1 unspecified atom stereocenters. The van der Waals surface area contributed by atoms with Gasteiger partial charge in [-0.15, -0.1) is 0 Å². The minimum atomic E-state index is -0.958. The number of carbonyl (C=O) groups excluding carboxylic acids is 2. The number of halogens is 1. The number of aliphatic hydroxyl groups is 1. The van der Waals surface area contributed by atoms with Gasteiger partial charge in [-0.25, -0.2) is 9.97 Å². The normalized spacial score (nSPS) is 16.8. The zero-order valence-corrected chi connectivity index (χ0v) is 25.2. The summed E-state index contributed by atoms with van der Waals surface area (Å²) >= 11 is 7.47. The molecule has 6 rings (SSSR count). The van der Waals surface area contributed by atoms with Crippen LogP contribution in [0.4, 0.5) is 5.13 Å². The molecule has 1 atom stereocenters. The summed E-state index contributed by atoms with van der Waals surface area (Å²) in [4.78, 5) is 38.2. The van der Waals surface area contributed by atoms with E-state index in [1.165, 1.54) is 16.2 Å². The number of ether oxygens (including phenoxy) is 1. The number of benzene rings is 2. The van der Waals surface area contributed by atoms with Crippen LogP contribution in [-0.2, 0) is 9.59 Å². The molecule has 3 aromatic heterocycles. The first-order chi connectivity index (χ1) is 20.1. The molecule has 1 aliphatic rings. The number of nitrogens with zero attached hydrogens (tertiary/aromatic N) is 4. The van der Waals surface area contributed by atoms with Crippen LogP contribution in [-0.4, -0.2) is 37.8 Å². The topological polar surface area (TPSA) is 97.0 Å². The number of aromatic nitrogens is 3. The molecular weight excluding hydrogens is 572 g/mol. The summed E-state index contributed by atoms with van der Waals surface area (Å²) in [6.45, 7) is 8.52. The molecule has 0 radical (unpaired) electrons. The van der Waals surface area contributed by atoms with Crippen LogP contribution in [0.1, 0.15) is 48.8 Å². The first-order valence-corrected chi connectivity index (χ1v) is 14.9. The van der Waals surface area contributed by atoms with Crippen molar-refractivity contribution in [1.29, 1.82) is 0 Å². The number of hydrogen-bond donors (Lipinski definition) is 1. The van der Waals surface area contributed by atoms with Crippen LogP contribution in [0.15, 0.2) is 66.4 Å². The van der Waals surface area contributed by atoms with Crippen LogP contribution in [0.3, 0.4) is 0 Å². The van der Waals surface area contributed by atoms with Crippen molar-refractivity contribution >= 4 is 61.4 Å². The van der Waals surface area contributed by atoms with E-state index < -0.39 is 17.7 Å². The van der Waals surface area contributed by atoms with E-state index in [-0.39, 0.29) is 17.0 Å². The molecule has 214 valence electrons. The summed E-state index contributed by atoms with van der Waals surface area (Å²) in [5.41, 5.74) is 3.66. The lowest BCUT2D eigenvalue weighted by molar-refractivity contribution is -0.132. The number of Topliss-reactive ketones (excluding diaryl/α,β-unsaturated/α-hetero) is 1. The van der Waals surface area contributed by atoms with E-state index in [1.54, 1.807) is 18.2 Å². The van der Waals surface area contributed by atoms with Crippen molar-refractivity contribution < 1.29 is 19.4 Å². The van der Waals surface area contributed by atoms with E-state index in [9.17, 15) is 14.7 Å². The fourth-order valence-electron chi connectivity index (χ4n) is 5.20. The standard InChI is InChI=1S/C32H29ClN4O4S/c1-17(2)12-14-41-22-9-5-8-20(15-22)27-25(28(38)26-19(4)36-13-6-7-18(3)30(36)35-26)29(39)31(40)37(27)32-34-23-11-10-21(33)16-24(23)42-32/h5-11,13,15-17,27,38H,12,14H2,1-4H3/b28-25+. The van der Waals surface area contributed by atoms with Crippen LogP contribution in [0.2, 0.25) is 5.02 Å². The average molecular weight is 601 g/mol. The second-order valence-corrected chi connectivity index (χ2v) is 12.3. The molecular formula is C32H29ClN4O4S. The minimum absolute atomic E-state index is 0.0548. The van der Waals surface area contributed by atoms with Crippen molar-refractivity contribution in [3.05, 3.63) is 93.9 Å². The Kier molecular flexibility index (Phi) is 7.24. The fraction of sp³-hybridized carbons (Fsp3) is 0.250. The lowest BCUT2D eigenvalue weighted by Crippen LogP contribution is -2.29. The van der Waals surface area contributed by atoms with Gasteiger partial charge in [0.2, 0.25) is 0 Å². The highest BCUT2D eigenvalue weighted by Gasteiger charge is 2.48. The van der Waals surface area contributed by atoms with Crippen molar-refractivity contribution in [1.82, 2.24) is 14.4 Å². The van der Waals surface area contributed by atoms with Crippen LogP contribution in [0, 0.1) is 19.8 Å². The van der Waals surface area contributed by atoms with E-state index in [4.69, 9.17) is 16.3 Å². The van der Waals surface area contributed by atoms with E-state index in [1.807, 2.05) is 60.8 Å². The van der Waals surface area contributed by atoms with Crippen molar-refractivity contribution in [3.63, 3.8) is 0 Å². The number of rotatable bonds is 7. The van der Waals surface area contributed by atoms with Gasteiger partial charge in [0.1, 0.15) is 17.1 Å². The van der Waals surface area contributed by atoms with Gasteiger partial charge >= 0.3 is 5.91 Å². The second kappa shape index (κ2) is 10.9. The number of fused-ring (bicyclic) bond motifs is 2. The van der Waals surface area contributed by atoms with Gasteiger partial charge in [0.15, 0.2) is 10.9 Å². The molecule has 0 saturated carbocycles. The molecule has 1 amide bonds. The lowest BCUT2D eigenvalue weighted by Gasteiger charge is -2.23. The first-order valence-electron chi connectivity index (χ1n) is 13.7. The molecule has 2 aromatic carbocycles. The predicted molar refractivity (Wildman–Crippen MR) is 165 cm³/mol. The Balaban J connectivity index is 1.54. The van der Waals surface area contributed by atoms with Crippen LogP contribution >= 0.6 is 22.9 Å². The highest BCUT2D eigenvalue weighted by Crippen LogP contribution is 2.45. The number of amides is 1. The van der Waals surface area contributed by atoms with Gasteiger partial charge in [-0.05, 0) is 73.7 Å². The zero-order chi connectivity index (χ0) is 29.7. The summed E-state index contributed by atoms with van der Waals surface area (Å²) in [6, 6.07) is 15.4. The van der Waals surface area contributed by atoms with Gasteiger partial charge in [0, 0.05) is 11.2 Å². The molecule has 4 heterocycles. The van der Waals surface area contributed by atoms with Crippen LogP contribution in [0.25, 0.3) is 21.6 Å². The van der Waals surface area contributed by atoms with Crippen molar-refractivity contribution in [2.45, 2.75) is 40.2 Å². The number of aryl methyl sites for hydroxylation is 2. The SMILES string of the molecule is Cc1cccn2c(C)c(/C(O)=C3\C(=O)C(=O)N(c4nc5ccc(Cl)cc5s4)C3c3cccc(OCCC(C)C)c3)nc12. The van der Waals surface area contributed by atoms with Gasteiger partial charge in [0.05, 0.1) is 34.1 Å². The summed E-state index contributed by atoms with van der Waals surface area (Å²) in [5, 5.41) is 12.6. The van der Waals surface area contributed by atoms with Gasteiger partial charge in [0.25, 0.3) is 5.78 Å². The Morgan fingerprint density at radius 2 is 1.90 bits per heavy atom. The Hall–Kier alpha value is -4.21. The average Bonchev–Trinajstić information content (AvgIpc) is 3.60. The zero-order valence-electron chi connectivity index (χ0n) is 23.6. The predicted octanol–water partition coefficient (Wildman–Crippen LogP) is 7.27. The molecule has 42 heavy (non-hydrogen) atoms. The molecule has 1 N–H and O–H groups in total. The van der Waals surface area contributed by atoms with Crippen molar-refractivity contribution in [3.8, 4) is 5.75 Å². The maximum absolute atomic E-state index is 13.8. The quantitative estimate of drug-likeness (QED) is 0.120.